The number of likely N-dealkylation sites (tertiary alicyclic amines) is 1. The maximum atomic E-state index is 2.49. The van der Waals surface area contributed by atoms with Gasteiger partial charge >= 0.3 is 0 Å². The molecule has 0 spiro atoms. The lowest BCUT2D eigenvalue weighted by atomic mass is 9.87. The van der Waals surface area contributed by atoms with Crippen molar-refractivity contribution < 1.29 is 0 Å². The van der Waals surface area contributed by atoms with Crippen molar-refractivity contribution in [3.05, 3.63) is 34.9 Å². The number of likely N-dealkylation sites (N-methyl/N-ethyl adjacent to an activating group) is 1. The highest BCUT2D eigenvalue weighted by molar-refractivity contribution is 5.32. The summed E-state index contributed by atoms with van der Waals surface area (Å²) in [6.07, 6.45) is 2.67. The summed E-state index contributed by atoms with van der Waals surface area (Å²) in [4.78, 5) is 2.49. The Hall–Kier alpha value is -0.820. The maximum Gasteiger partial charge on any atom is 0.00643 e. The van der Waals surface area contributed by atoms with E-state index >= 15 is 0 Å². The zero-order chi connectivity index (χ0) is 11.7. The second-order valence-corrected chi connectivity index (χ2v) is 5.41. The summed E-state index contributed by atoms with van der Waals surface area (Å²) >= 11 is 0. The zero-order valence-corrected chi connectivity index (χ0v) is 11.0. The largest absolute Gasteiger partial charge is 0.303 e. The van der Waals surface area contributed by atoms with E-state index in [1.54, 1.807) is 0 Å². The van der Waals surface area contributed by atoms with Gasteiger partial charge in [-0.15, -0.1) is 0 Å². The Labute approximate surface area is 99.5 Å². The second kappa shape index (κ2) is 4.58. The fraction of sp³-hybridized carbons (Fsp3) is 0.600. The molecule has 2 atom stereocenters. The van der Waals surface area contributed by atoms with E-state index in [1.807, 2.05) is 0 Å². The number of aryl methyl sites for hydroxylation is 2. The monoisotopic (exact) mass is 217 g/mol. The van der Waals surface area contributed by atoms with E-state index < -0.39 is 0 Å². The van der Waals surface area contributed by atoms with Crippen molar-refractivity contribution in [3.63, 3.8) is 0 Å². The van der Waals surface area contributed by atoms with Gasteiger partial charge in [-0.3, -0.25) is 0 Å². The number of benzene rings is 1. The molecule has 1 heterocycles. The highest BCUT2D eigenvalue weighted by atomic mass is 15.1. The molecule has 1 fully saturated rings. The summed E-state index contributed by atoms with van der Waals surface area (Å²) in [6, 6.07) is 7.71. The summed E-state index contributed by atoms with van der Waals surface area (Å²) in [7, 11) is 2.25. The van der Waals surface area contributed by atoms with Crippen LogP contribution in [0.2, 0.25) is 0 Å². The first-order valence-electron chi connectivity index (χ1n) is 6.35. The first-order valence-corrected chi connectivity index (χ1v) is 6.35. The Balaban J connectivity index is 2.15. The van der Waals surface area contributed by atoms with Gasteiger partial charge in [0.05, 0.1) is 0 Å². The summed E-state index contributed by atoms with van der Waals surface area (Å²) in [5.74, 6) is 0.737. The third-order valence-electron chi connectivity index (χ3n) is 4.20. The number of rotatable bonds is 1. The first kappa shape index (κ1) is 11.7. The fourth-order valence-corrected chi connectivity index (χ4v) is 2.57. The number of piperidine rings is 1. The third kappa shape index (κ3) is 2.30. The normalized spacial score (nSPS) is 27.0. The molecule has 0 amide bonds. The van der Waals surface area contributed by atoms with Crippen molar-refractivity contribution in [2.24, 2.45) is 0 Å². The Morgan fingerprint density at radius 1 is 1.12 bits per heavy atom. The molecule has 1 saturated heterocycles. The molecule has 16 heavy (non-hydrogen) atoms. The topological polar surface area (TPSA) is 3.24 Å². The van der Waals surface area contributed by atoms with Crippen molar-refractivity contribution in [1.82, 2.24) is 4.90 Å². The molecule has 1 aliphatic heterocycles. The predicted molar refractivity (Wildman–Crippen MR) is 70.0 cm³/mol. The quantitative estimate of drug-likeness (QED) is 0.696. The smallest absolute Gasteiger partial charge is 0.00643 e. The van der Waals surface area contributed by atoms with Crippen LogP contribution in [-0.4, -0.2) is 24.5 Å². The minimum absolute atomic E-state index is 0.737. The van der Waals surface area contributed by atoms with Gasteiger partial charge in [0, 0.05) is 12.6 Å². The van der Waals surface area contributed by atoms with E-state index in [4.69, 9.17) is 0 Å². The van der Waals surface area contributed by atoms with Crippen LogP contribution in [-0.2, 0) is 0 Å². The predicted octanol–water partition coefficient (Wildman–Crippen LogP) is 3.50. The van der Waals surface area contributed by atoms with Crippen LogP contribution in [0.15, 0.2) is 18.2 Å². The van der Waals surface area contributed by atoms with Gasteiger partial charge in [-0.1, -0.05) is 18.2 Å². The van der Waals surface area contributed by atoms with E-state index in [0.29, 0.717) is 0 Å². The molecule has 0 aliphatic carbocycles. The average molecular weight is 217 g/mol. The second-order valence-electron chi connectivity index (χ2n) is 5.41. The van der Waals surface area contributed by atoms with Crippen LogP contribution in [0.4, 0.5) is 0 Å². The van der Waals surface area contributed by atoms with E-state index in [2.05, 4.69) is 50.9 Å². The molecular weight excluding hydrogens is 194 g/mol. The molecule has 1 aromatic carbocycles. The van der Waals surface area contributed by atoms with Gasteiger partial charge in [-0.2, -0.15) is 0 Å². The number of nitrogens with zero attached hydrogens (tertiary/aromatic N) is 1. The number of hydrogen-bond acceptors (Lipinski definition) is 1. The van der Waals surface area contributed by atoms with Crippen molar-refractivity contribution in [1.29, 1.82) is 0 Å². The molecular formula is C15H23N. The van der Waals surface area contributed by atoms with Gasteiger partial charge in [0.25, 0.3) is 0 Å². The van der Waals surface area contributed by atoms with E-state index in [0.717, 1.165) is 12.0 Å². The maximum absolute atomic E-state index is 2.49. The van der Waals surface area contributed by atoms with Gasteiger partial charge in [-0.25, -0.2) is 0 Å². The Kier molecular flexibility index (Phi) is 3.34. The summed E-state index contributed by atoms with van der Waals surface area (Å²) in [6.45, 7) is 7.95. The van der Waals surface area contributed by atoms with Crippen LogP contribution in [0.3, 0.4) is 0 Å². The summed E-state index contributed by atoms with van der Waals surface area (Å²) in [5.41, 5.74) is 4.36. The van der Waals surface area contributed by atoms with Crippen LogP contribution in [0.1, 0.15) is 42.4 Å². The molecule has 0 bridgehead atoms. The van der Waals surface area contributed by atoms with Crippen molar-refractivity contribution in [2.45, 2.75) is 45.6 Å². The summed E-state index contributed by atoms with van der Waals surface area (Å²) in [5, 5.41) is 0. The lowest BCUT2D eigenvalue weighted by Crippen LogP contribution is -2.37. The van der Waals surface area contributed by atoms with Crippen LogP contribution < -0.4 is 0 Å². The Bertz CT molecular complexity index is 370. The highest BCUT2D eigenvalue weighted by Gasteiger charge is 2.23. The van der Waals surface area contributed by atoms with Crippen molar-refractivity contribution in [3.8, 4) is 0 Å². The molecule has 1 nitrogen and oxygen atoms in total. The Morgan fingerprint density at radius 3 is 2.50 bits per heavy atom. The minimum atomic E-state index is 0.737. The fourth-order valence-electron chi connectivity index (χ4n) is 2.57. The van der Waals surface area contributed by atoms with Crippen molar-refractivity contribution in [2.75, 3.05) is 13.6 Å². The lowest BCUT2D eigenvalue weighted by molar-refractivity contribution is 0.180. The van der Waals surface area contributed by atoms with Crippen molar-refractivity contribution >= 4 is 0 Å². The van der Waals surface area contributed by atoms with Gasteiger partial charge in [0.1, 0.15) is 0 Å². The summed E-state index contributed by atoms with van der Waals surface area (Å²) < 4.78 is 0. The molecule has 0 N–H and O–H groups in total. The molecule has 1 aromatic rings. The highest BCUT2D eigenvalue weighted by Crippen LogP contribution is 2.29. The van der Waals surface area contributed by atoms with E-state index in [1.165, 1.54) is 36.1 Å². The molecule has 0 radical (unpaired) electrons. The Morgan fingerprint density at radius 2 is 1.88 bits per heavy atom. The number of hydrogen-bond donors (Lipinski definition) is 0. The zero-order valence-electron chi connectivity index (χ0n) is 11.0. The molecule has 0 unspecified atom stereocenters. The average Bonchev–Trinajstić information content (AvgIpc) is 2.26. The van der Waals surface area contributed by atoms with Crippen LogP contribution in [0.5, 0.6) is 0 Å². The molecule has 2 rings (SSSR count). The molecule has 1 heteroatoms. The first-order chi connectivity index (χ1) is 7.58. The van der Waals surface area contributed by atoms with Crippen LogP contribution in [0.25, 0.3) is 0 Å². The third-order valence-corrected chi connectivity index (χ3v) is 4.20. The SMILES string of the molecule is Cc1ccc([C@@H]2CC[C@H](C)N(C)C2)cc1C. The minimum Gasteiger partial charge on any atom is -0.303 e. The molecule has 0 aromatic heterocycles. The van der Waals surface area contributed by atoms with Crippen LogP contribution in [0, 0.1) is 13.8 Å². The van der Waals surface area contributed by atoms with Gasteiger partial charge in [0.2, 0.25) is 0 Å². The molecule has 88 valence electrons. The molecule has 1 aliphatic rings. The lowest BCUT2D eigenvalue weighted by Gasteiger charge is -2.35. The van der Waals surface area contributed by atoms with Gasteiger partial charge in [-0.05, 0) is 63.3 Å². The van der Waals surface area contributed by atoms with Crippen LogP contribution >= 0.6 is 0 Å². The standard InChI is InChI=1S/C15H23N/c1-11-5-7-14(9-12(11)2)15-8-6-13(3)16(4)10-15/h5,7,9,13,15H,6,8,10H2,1-4H3/t13-,15+/m0/s1. The van der Waals surface area contributed by atoms with Gasteiger partial charge < -0.3 is 4.90 Å². The van der Waals surface area contributed by atoms with E-state index in [-0.39, 0.29) is 0 Å². The van der Waals surface area contributed by atoms with E-state index in [9.17, 15) is 0 Å². The molecule has 0 saturated carbocycles. The van der Waals surface area contributed by atoms with Gasteiger partial charge in [0.15, 0.2) is 0 Å².